The molecule has 0 aliphatic rings. The molecule has 0 aliphatic heterocycles. The second-order valence-corrected chi connectivity index (χ2v) is 4.21. The molecule has 1 amide bonds. The topological polar surface area (TPSA) is 109 Å². The van der Waals surface area contributed by atoms with Crippen LogP contribution in [0, 0.1) is 0 Å². The zero-order valence-electron chi connectivity index (χ0n) is 11.0. The van der Waals surface area contributed by atoms with E-state index in [2.05, 4.69) is 5.32 Å². The van der Waals surface area contributed by atoms with Crippen molar-refractivity contribution in [1.29, 1.82) is 0 Å². The number of benzene rings is 1. The Hall–Kier alpha value is -2.83. The summed E-state index contributed by atoms with van der Waals surface area (Å²) in [5.74, 6) is -1.32. The zero-order valence-corrected chi connectivity index (χ0v) is 11.0. The first-order valence-corrected chi connectivity index (χ1v) is 6.18. The highest BCUT2D eigenvalue weighted by molar-refractivity contribution is 5.79. The van der Waals surface area contributed by atoms with Gasteiger partial charge in [0.2, 0.25) is 0 Å². The SMILES string of the molecule is O=C([O-])CCNC(=O)COc1ccc2ccc(=O)oc2c1. The summed E-state index contributed by atoms with van der Waals surface area (Å²) in [5, 5.41) is 13.3. The summed E-state index contributed by atoms with van der Waals surface area (Å²) in [6, 6.07) is 7.77. The van der Waals surface area contributed by atoms with Crippen LogP contribution in [-0.4, -0.2) is 25.0 Å². The fraction of sp³-hybridized carbons (Fsp3) is 0.214. The fourth-order valence-electron chi connectivity index (χ4n) is 1.63. The van der Waals surface area contributed by atoms with Crippen LogP contribution in [0.5, 0.6) is 5.75 Å². The molecule has 0 unspecified atom stereocenters. The number of rotatable bonds is 6. The van der Waals surface area contributed by atoms with E-state index in [1.807, 2.05) is 0 Å². The number of amides is 1. The minimum Gasteiger partial charge on any atom is -0.550 e. The van der Waals surface area contributed by atoms with Crippen molar-refractivity contribution in [1.82, 2.24) is 5.32 Å². The molecule has 110 valence electrons. The first kappa shape index (κ1) is 14.6. The minimum atomic E-state index is -1.24. The van der Waals surface area contributed by atoms with Crippen LogP contribution in [0.2, 0.25) is 0 Å². The lowest BCUT2D eigenvalue weighted by Crippen LogP contribution is -2.33. The molecule has 21 heavy (non-hydrogen) atoms. The van der Waals surface area contributed by atoms with E-state index in [1.165, 1.54) is 12.1 Å². The Morgan fingerprint density at radius 3 is 2.76 bits per heavy atom. The van der Waals surface area contributed by atoms with Crippen molar-refractivity contribution >= 4 is 22.8 Å². The Kier molecular flexibility index (Phi) is 4.55. The fourth-order valence-corrected chi connectivity index (χ4v) is 1.63. The smallest absolute Gasteiger partial charge is 0.336 e. The lowest BCUT2D eigenvalue weighted by molar-refractivity contribution is -0.305. The van der Waals surface area contributed by atoms with Crippen LogP contribution in [-0.2, 0) is 9.59 Å². The van der Waals surface area contributed by atoms with E-state index in [1.54, 1.807) is 18.2 Å². The summed E-state index contributed by atoms with van der Waals surface area (Å²) in [6.07, 6.45) is -0.257. The third kappa shape index (κ3) is 4.34. The summed E-state index contributed by atoms with van der Waals surface area (Å²) >= 11 is 0. The standard InChI is InChI=1S/C14H13NO6/c16-12(15-6-5-13(17)18)8-20-10-3-1-9-2-4-14(19)21-11(9)7-10/h1-4,7H,5-6,8H2,(H,15,16)(H,17,18)/p-1. The highest BCUT2D eigenvalue weighted by Gasteiger charge is 2.04. The Morgan fingerprint density at radius 2 is 2.00 bits per heavy atom. The van der Waals surface area contributed by atoms with Crippen LogP contribution in [0.15, 0.2) is 39.5 Å². The maximum absolute atomic E-state index is 11.4. The first-order valence-electron chi connectivity index (χ1n) is 6.18. The van der Waals surface area contributed by atoms with Crippen LogP contribution in [0.1, 0.15) is 6.42 Å². The van der Waals surface area contributed by atoms with Crippen molar-refractivity contribution in [3.63, 3.8) is 0 Å². The number of nitrogens with one attached hydrogen (secondary N) is 1. The van der Waals surface area contributed by atoms with E-state index in [0.717, 1.165) is 5.39 Å². The van der Waals surface area contributed by atoms with Gasteiger partial charge in [-0.2, -0.15) is 0 Å². The molecule has 0 atom stereocenters. The molecule has 0 bridgehead atoms. The zero-order chi connectivity index (χ0) is 15.2. The van der Waals surface area contributed by atoms with Gasteiger partial charge < -0.3 is 24.4 Å². The second-order valence-electron chi connectivity index (χ2n) is 4.21. The van der Waals surface area contributed by atoms with Crippen LogP contribution in [0.3, 0.4) is 0 Å². The lowest BCUT2D eigenvalue weighted by Gasteiger charge is -2.08. The van der Waals surface area contributed by atoms with E-state index < -0.39 is 17.5 Å². The third-order valence-electron chi connectivity index (χ3n) is 2.62. The lowest BCUT2D eigenvalue weighted by atomic mass is 10.2. The van der Waals surface area contributed by atoms with Gasteiger partial charge >= 0.3 is 5.63 Å². The van der Waals surface area contributed by atoms with Crippen LogP contribution >= 0.6 is 0 Å². The van der Waals surface area contributed by atoms with E-state index in [4.69, 9.17) is 9.15 Å². The molecule has 7 nitrogen and oxygen atoms in total. The normalized spacial score (nSPS) is 10.3. The van der Waals surface area contributed by atoms with Gasteiger partial charge in [0.25, 0.3) is 5.91 Å². The second kappa shape index (κ2) is 6.56. The van der Waals surface area contributed by atoms with Crippen molar-refractivity contribution in [3.05, 3.63) is 40.8 Å². The predicted octanol–water partition coefficient (Wildman–Crippen LogP) is -0.572. The number of carboxylic acid groups (broad SMARTS) is 1. The van der Waals surface area contributed by atoms with Gasteiger partial charge in [0.1, 0.15) is 11.3 Å². The summed E-state index contributed by atoms with van der Waals surface area (Å²) in [4.78, 5) is 32.7. The Balaban J connectivity index is 1.92. The molecule has 0 radical (unpaired) electrons. The van der Waals surface area contributed by atoms with E-state index >= 15 is 0 Å². The molecule has 0 aliphatic carbocycles. The quantitative estimate of drug-likeness (QED) is 0.713. The van der Waals surface area contributed by atoms with E-state index in [9.17, 15) is 19.5 Å². The summed E-state index contributed by atoms with van der Waals surface area (Å²) in [6.45, 7) is -0.285. The Bertz CT molecular complexity index is 721. The third-order valence-corrected chi connectivity index (χ3v) is 2.62. The predicted molar refractivity (Wildman–Crippen MR) is 70.6 cm³/mol. The summed E-state index contributed by atoms with van der Waals surface area (Å²) in [5.41, 5.74) is -0.114. The van der Waals surface area contributed by atoms with E-state index in [-0.39, 0.29) is 19.6 Å². The molecule has 0 saturated heterocycles. The number of hydrogen-bond acceptors (Lipinski definition) is 6. The van der Waals surface area contributed by atoms with Crippen LogP contribution in [0.4, 0.5) is 0 Å². The Morgan fingerprint density at radius 1 is 1.24 bits per heavy atom. The van der Waals surface area contributed by atoms with Crippen molar-refractivity contribution < 1.29 is 23.8 Å². The molecule has 7 heteroatoms. The maximum Gasteiger partial charge on any atom is 0.336 e. The van der Waals surface area contributed by atoms with Gasteiger partial charge in [0.05, 0.1) is 0 Å². The number of aliphatic carboxylic acids is 1. The Labute approximate surface area is 119 Å². The monoisotopic (exact) mass is 290 g/mol. The molecular formula is C14H12NO6-. The molecule has 0 fully saturated rings. The number of ether oxygens (including phenoxy) is 1. The molecule has 1 aromatic heterocycles. The maximum atomic E-state index is 11.4. The molecule has 2 aromatic rings. The average Bonchev–Trinajstić information content (AvgIpc) is 2.44. The molecule has 2 rings (SSSR count). The van der Waals surface area contributed by atoms with Crippen molar-refractivity contribution in [3.8, 4) is 5.75 Å². The van der Waals surface area contributed by atoms with Gasteiger partial charge in [0.15, 0.2) is 6.61 Å². The number of carbonyl (C=O) groups excluding carboxylic acids is 2. The van der Waals surface area contributed by atoms with Gasteiger partial charge in [-0.15, -0.1) is 0 Å². The van der Waals surface area contributed by atoms with Crippen molar-refractivity contribution in [2.45, 2.75) is 6.42 Å². The number of carbonyl (C=O) groups is 2. The number of fused-ring (bicyclic) bond motifs is 1. The van der Waals surface area contributed by atoms with Gasteiger partial charge in [-0.3, -0.25) is 4.79 Å². The molecule has 1 N–H and O–H groups in total. The van der Waals surface area contributed by atoms with Gasteiger partial charge in [-0.1, -0.05) is 0 Å². The van der Waals surface area contributed by atoms with Gasteiger partial charge in [-0.05, 0) is 18.2 Å². The summed E-state index contributed by atoms with van der Waals surface area (Å²) in [7, 11) is 0. The molecular weight excluding hydrogens is 278 g/mol. The van der Waals surface area contributed by atoms with E-state index in [0.29, 0.717) is 11.3 Å². The highest BCUT2D eigenvalue weighted by Crippen LogP contribution is 2.19. The molecule has 1 aromatic carbocycles. The molecule has 0 saturated carbocycles. The average molecular weight is 290 g/mol. The number of hydrogen-bond donors (Lipinski definition) is 1. The molecule has 0 spiro atoms. The number of carboxylic acids is 1. The largest absolute Gasteiger partial charge is 0.550 e. The van der Waals surface area contributed by atoms with Gasteiger partial charge in [-0.25, -0.2) is 4.79 Å². The minimum absolute atomic E-state index is 0.0167. The summed E-state index contributed by atoms with van der Waals surface area (Å²) < 4.78 is 10.2. The highest BCUT2D eigenvalue weighted by atomic mass is 16.5. The first-order chi connectivity index (χ1) is 10.0. The van der Waals surface area contributed by atoms with Crippen LogP contribution < -0.4 is 20.8 Å². The van der Waals surface area contributed by atoms with Crippen molar-refractivity contribution in [2.24, 2.45) is 0 Å². The van der Waals surface area contributed by atoms with Crippen molar-refractivity contribution in [2.75, 3.05) is 13.2 Å². The van der Waals surface area contributed by atoms with Crippen LogP contribution in [0.25, 0.3) is 11.0 Å². The molecule has 1 heterocycles. The van der Waals surface area contributed by atoms with Gasteiger partial charge in [0, 0.05) is 36.5 Å².